The van der Waals surface area contributed by atoms with Crippen molar-refractivity contribution >= 4 is 29.6 Å². The Morgan fingerprint density at radius 2 is 2.14 bits per heavy atom. The first kappa shape index (κ1) is 15.6. The van der Waals surface area contributed by atoms with Crippen LogP contribution in [0.2, 0.25) is 5.02 Å². The van der Waals surface area contributed by atoms with Crippen LogP contribution in [0.4, 0.5) is 0 Å². The largest absolute Gasteiger partial charge is 0.469 e. The van der Waals surface area contributed by atoms with E-state index < -0.39 is 0 Å². The number of carbonyl (C=O) groups is 2. The molecule has 4 nitrogen and oxygen atoms in total. The SMILES string of the molecule is COC(=O)C1CN(C(=O)/C=C/c2cccc(Cl)c2)CC1C. The highest BCUT2D eigenvalue weighted by atomic mass is 35.5. The molecule has 1 aromatic carbocycles. The zero-order chi connectivity index (χ0) is 15.4. The third-order valence-corrected chi connectivity index (χ3v) is 3.93. The number of benzene rings is 1. The molecule has 0 N–H and O–H groups in total. The molecule has 1 saturated heterocycles. The van der Waals surface area contributed by atoms with E-state index in [2.05, 4.69) is 0 Å². The quantitative estimate of drug-likeness (QED) is 0.637. The molecule has 112 valence electrons. The highest BCUT2D eigenvalue weighted by Crippen LogP contribution is 2.24. The molecule has 0 aromatic heterocycles. The summed E-state index contributed by atoms with van der Waals surface area (Å²) in [6.07, 6.45) is 3.24. The average molecular weight is 308 g/mol. The van der Waals surface area contributed by atoms with Gasteiger partial charge in [-0.05, 0) is 29.7 Å². The molecule has 1 amide bonds. The second-order valence-corrected chi connectivity index (χ2v) is 5.67. The fourth-order valence-electron chi connectivity index (χ4n) is 2.49. The van der Waals surface area contributed by atoms with Gasteiger partial charge in [-0.15, -0.1) is 0 Å². The molecule has 0 radical (unpaired) electrons. The Morgan fingerprint density at radius 3 is 2.81 bits per heavy atom. The minimum Gasteiger partial charge on any atom is -0.469 e. The lowest BCUT2D eigenvalue weighted by Crippen LogP contribution is -2.28. The van der Waals surface area contributed by atoms with Gasteiger partial charge in [0.25, 0.3) is 0 Å². The average Bonchev–Trinajstić information content (AvgIpc) is 2.86. The van der Waals surface area contributed by atoms with Crippen LogP contribution in [0.25, 0.3) is 6.08 Å². The third-order valence-electron chi connectivity index (χ3n) is 3.69. The van der Waals surface area contributed by atoms with E-state index in [1.807, 2.05) is 19.1 Å². The molecule has 2 rings (SSSR count). The molecule has 2 unspecified atom stereocenters. The van der Waals surface area contributed by atoms with Crippen molar-refractivity contribution in [3.05, 3.63) is 40.9 Å². The van der Waals surface area contributed by atoms with E-state index in [0.717, 1.165) is 5.56 Å². The van der Waals surface area contributed by atoms with Gasteiger partial charge in [-0.1, -0.05) is 30.7 Å². The minimum atomic E-state index is -0.253. The molecule has 5 heteroatoms. The maximum atomic E-state index is 12.2. The van der Waals surface area contributed by atoms with Gasteiger partial charge in [0.15, 0.2) is 0 Å². The topological polar surface area (TPSA) is 46.6 Å². The fourth-order valence-corrected chi connectivity index (χ4v) is 2.69. The number of hydrogen-bond donors (Lipinski definition) is 0. The lowest BCUT2D eigenvalue weighted by Gasteiger charge is -2.13. The summed E-state index contributed by atoms with van der Waals surface area (Å²) in [6.45, 7) is 2.93. The molecule has 1 aliphatic heterocycles. The van der Waals surface area contributed by atoms with Gasteiger partial charge in [0.2, 0.25) is 5.91 Å². The van der Waals surface area contributed by atoms with E-state index in [1.54, 1.807) is 23.1 Å². The Balaban J connectivity index is 2.00. The number of amides is 1. The molecule has 1 aromatic rings. The van der Waals surface area contributed by atoms with Gasteiger partial charge < -0.3 is 9.64 Å². The highest BCUT2D eigenvalue weighted by Gasteiger charge is 2.36. The maximum Gasteiger partial charge on any atom is 0.310 e. The van der Waals surface area contributed by atoms with Crippen LogP contribution >= 0.6 is 11.6 Å². The molecule has 1 fully saturated rings. The summed E-state index contributed by atoms with van der Waals surface area (Å²) < 4.78 is 4.77. The van der Waals surface area contributed by atoms with Crippen molar-refractivity contribution in [2.24, 2.45) is 11.8 Å². The molecule has 2 atom stereocenters. The molecule has 0 saturated carbocycles. The van der Waals surface area contributed by atoms with Gasteiger partial charge >= 0.3 is 5.97 Å². The maximum absolute atomic E-state index is 12.2. The second kappa shape index (κ2) is 6.76. The summed E-state index contributed by atoms with van der Waals surface area (Å²) in [4.78, 5) is 25.5. The van der Waals surface area contributed by atoms with Crippen LogP contribution in [0.5, 0.6) is 0 Å². The highest BCUT2D eigenvalue weighted by molar-refractivity contribution is 6.30. The zero-order valence-electron chi connectivity index (χ0n) is 12.1. The number of carbonyl (C=O) groups excluding carboxylic acids is 2. The van der Waals surface area contributed by atoms with E-state index in [0.29, 0.717) is 18.1 Å². The smallest absolute Gasteiger partial charge is 0.310 e. The Kier molecular flexibility index (Phi) is 5.02. The van der Waals surface area contributed by atoms with Crippen molar-refractivity contribution in [1.82, 2.24) is 4.90 Å². The van der Waals surface area contributed by atoms with Crippen molar-refractivity contribution in [3.63, 3.8) is 0 Å². The first-order chi connectivity index (χ1) is 10.0. The van der Waals surface area contributed by atoms with Crippen LogP contribution in [0.3, 0.4) is 0 Å². The number of ether oxygens (including phenoxy) is 1. The van der Waals surface area contributed by atoms with Crippen LogP contribution in [0, 0.1) is 11.8 Å². The van der Waals surface area contributed by atoms with Crippen molar-refractivity contribution in [2.75, 3.05) is 20.2 Å². The van der Waals surface area contributed by atoms with Gasteiger partial charge in [-0.3, -0.25) is 9.59 Å². The lowest BCUT2D eigenvalue weighted by atomic mass is 9.99. The van der Waals surface area contributed by atoms with Crippen LogP contribution in [0.1, 0.15) is 12.5 Å². The van der Waals surface area contributed by atoms with Gasteiger partial charge in [0.05, 0.1) is 13.0 Å². The van der Waals surface area contributed by atoms with Crippen molar-refractivity contribution in [2.45, 2.75) is 6.92 Å². The standard InChI is InChI=1S/C16H18ClNO3/c1-11-9-18(10-14(11)16(20)21-2)15(19)7-6-12-4-3-5-13(17)8-12/h3-8,11,14H,9-10H2,1-2H3/b7-6+. The van der Waals surface area contributed by atoms with E-state index in [9.17, 15) is 9.59 Å². The molecule has 1 heterocycles. The molecular formula is C16H18ClNO3. The predicted molar refractivity (Wildman–Crippen MR) is 81.7 cm³/mol. The molecule has 0 spiro atoms. The van der Waals surface area contributed by atoms with E-state index in [-0.39, 0.29) is 23.7 Å². The summed E-state index contributed by atoms with van der Waals surface area (Å²) in [6, 6.07) is 7.27. The number of esters is 1. The monoisotopic (exact) mass is 307 g/mol. The second-order valence-electron chi connectivity index (χ2n) is 5.24. The van der Waals surface area contributed by atoms with Crippen molar-refractivity contribution in [3.8, 4) is 0 Å². The molecule has 0 bridgehead atoms. The Bertz CT molecular complexity index is 570. The zero-order valence-corrected chi connectivity index (χ0v) is 12.8. The van der Waals surface area contributed by atoms with Gasteiger partial charge in [0, 0.05) is 24.2 Å². The Hall–Kier alpha value is -1.81. The molecular weight excluding hydrogens is 290 g/mol. The lowest BCUT2D eigenvalue weighted by molar-refractivity contribution is -0.146. The molecule has 1 aliphatic rings. The number of halogens is 1. The first-order valence-corrected chi connectivity index (χ1v) is 7.19. The third kappa shape index (κ3) is 3.85. The summed E-state index contributed by atoms with van der Waals surface area (Å²) in [5, 5.41) is 0.630. The van der Waals surface area contributed by atoms with E-state index >= 15 is 0 Å². The summed E-state index contributed by atoms with van der Waals surface area (Å²) in [5.41, 5.74) is 0.868. The fraction of sp³-hybridized carbons (Fsp3) is 0.375. The summed E-state index contributed by atoms with van der Waals surface area (Å²) >= 11 is 5.90. The van der Waals surface area contributed by atoms with E-state index in [4.69, 9.17) is 16.3 Å². The van der Waals surface area contributed by atoms with Crippen molar-refractivity contribution in [1.29, 1.82) is 0 Å². The van der Waals surface area contributed by atoms with Crippen LogP contribution in [-0.4, -0.2) is 37.0 Å². The predicted octanol–water partition coefficient (Wildman–Crippen LogP) is 2.62. The van der Waals surface area contributed by atoms with E-state index in [1.165, 1.54) is 13.2 Å². The number of nitrogens with zero attached hydrogens (tertiary/aromatic N) is 1. The number of rotatable bonds is 3. The normalized spacial score (nSPS) is 21.8. The van der Waals surface area contributed by atoms with Gasteiger partial charge in [-0.25, -0.2) is 0 Å². The minimum absolute atomic E-state index is 0.103. The summed E-state index contributed by atoms with van der Waals surface area (Å²) in [7, 11) is 1.37. The number of hydrogen-bond acceptors (Lipinski definition) is 3. The Morgan fingerprint density at radius 1 is 1.38 bits per heavy atom. The molecule has 21 heavy (non-hydrogen) atoms. The summed E-state index contributed by atoms with van der Waals surface area (Å²) in [5.74, 6) is -0.482. The number of methoxy groups -OCH3 is 1. The van der Waals surface area contributed by atoms with Crippen LogP contribution in [0.15, 0.2) is 30.3 Å². The van der Waals surface area contributed by atoms with Gasteiger partial charge in [-0.2, -0.15) is 0 Å². The molecule has 0 aliphatic carbocycles. The van der Waals surface area contributed by atoms with Gasteiger partial charge in [0.1, 0.15) is 0 Å². The van der Waals surface area contributed by atoms with Crippen LogP contribution in [-0.2, 0) is 14.3 Å². The number of likely N-dealkylation sites (tertiary alicyclic amines) is 1. The van der Waals surface area contributed by atoms with Crippen LogP contribution < -0.4 is 0 Å². The van der Waals surface area contributed by atoms with Crippen molar-refractivity contribution < 1.29 is 14.3 Å². The Labute approximate surface area is 129 Å². The first-order valence-electron chi connectivity index (χ1n) is 6.81.